The zero-order valence-electron chi connectivity index (χ0n) is 14.4. The number of carbonyl (C=O) groups is 1. The second-order valence-electron chi connectivity index (χ2n) is 6.09. The third-order valence-corrected chi connectivity index (χ3v) is 5.54. The first-order valence-corrected chi connectivity index (χ1v) is 9.45. The molecular formula is C18H24N4O2S. The number of hydrogen-bond acceptors (Lipinski definition) is 5. The lowest BCUT2D eigenvalue weighted by molar-refractivity contribution is 0.0766. The van der Waals surface area contributed by atoms with Gasteiger partial charge in [0.2, 0.25) is 0 Å². The molecule has 134 valence electrons. The van der Waals surface area contributed by atoms with Gasteiger partial charge in [-0.25, -0.2) is 9.78 Å². The molecule has 0 radical (unpaired) electrons. The van der Waals surface area contributed by atoms with Crippen LogP contribution in [0.3, 0.4) is 0 Å². The largest absolute Gasteiger partial charge is 0.395 e. The molecule has 1 atom stereocenters. The maximum atomic E-state index is 12.4. The van der Waals surface area contributed by atoms with Crippen LogP contribution in [-0.2, 0) is 0 Å². The molecule has 2 heterocycles. The van der Waals surface area contributed by atoms with Gasteiger partial charge in [0.25, 0.3) is 0 Å². The smallest absolute Gasteiger partial charge is 0.323 e. The number of nitrogens with one attached hydrogen (secondary N) is 1. The maximum Gasteiger partial charge on any atom is 0.323 e. The van der Waals surface area contributed by atoms with E-state index in [9.17, 15) is 9.90 Å². The van der Waals surface area contributed by atoms with E-state index in [4.69, 9.17) is 0 Å². The minimum atomic E-state index is -0.106. The van der Waals surface area contributed by atoms with Crippen LogP contribution in [0.1, 0.15) is 13.3 Å². The number of rotatable bonds is 5. The molecule has 1 aliphatic heterocycles. The zero-order chi connectivity index (χ0) is 17.6. The molecule has 0 saturated carbocycles. The van der Waals surface area contributed by atoms with E-state index in [1.165, 1.54) is 11.3 Å². The summed E-state index contributed by atoms with van der Waals surface area (Å²) in [6.45, 7) is 5.16. The van der Waals surface area contributed by atoms with E-state index in [2.05, 4.69) is 22.1 Å². The fourth-order valence-electron chi connectivity index (χ4n) is 3.03. The standard InChI is InChI=1S/C18H24N4O2S/c1-2-15(13-23)21-8-10-22(11-9-21)18(24)20-17-19-12-16(25-17)14-6-4-3-5-7-14/h3-7,12,15,23H,2,8-11,13H2,1H3,(H,19,20,24)/t15-/m1/s1. The average Bonchev–Trinajstić information content (AvgIpc) is 3.12. The van der Waals surface area contributed by atoms with Gasteiger partial charge in [0.15, 0.2) is 5.13 Å². The fraction of sp³-hybridized carbons (Fsp3) is 0.444. The molecule has 1 aliphatic rings. The minimum absolute atomic E-state index is 0.106. The molecule has 7 heteroatoms. The Labute approximate surface area is 152 Å². The van der Waals surface area contributed by atoms with Crippen molar-refractivity contribution in [1.82, 2.24) is 14.8 Å². The van der Waals surface area contributed by atoms with Gasteiger partial charge in [0, 0.05) is 38.4 Å². The first-order chi connectivity index (χ1) is 12.2. The van der Waals surface area contributed by atoms with Crippen molar-refractivity contribution in [2.75, 3.05) is 38.1 Å². The molecule has 0 aliphatic carbocycles. The predicted octanol–water partition coefficient (Wildman–Crippen LogP) is 2.73. The van der Waals surface area contributed by atoms with Crippen LogP contribution >= 0.6 is 11.3 Å². The van der Waals surface area contributed by atoms with Crippen LogP contribution in [0.2, 0.25) is 0 Å². The van der Waals surface area contributed by atoms with Crippen LogP contribution in [0.4, 0.5) is 9.93 Å². The third-order valence-electron chi connectivity index (χ3n) is 4.58. The van der Waals surface area contributed by atoms with Crippen molar-refractivity contribution < 1.29 is 9.90 Å². The molecule has 1 fully saturated rings. The van der Waals surface area contributed by atoms with Crippen LogP contribution in [-0.4, -0.2) is 64.7 Å². The molecule has 0 unspecified atom stereocenters. The van der Waals surface area contributed by atoms with E-state index in [1.54, 1.807) is 6.20 Å². The van der Waals surface area contributed by atoms with Crippen LogP contribution < -0.4 is 5.32 Å². The number of hydrogen-bond donors (Lipinski definition) is 2. The van der Waals surface area contributed by atoms with Gasteiger partial charge in [-0.15, -0.1) is 0 Å². The summed E-state index contributed by atoms with van der Waals surface area (Å²) in [5, 5.41) is 12.9. The van der Waals surface area contributed by atoms with Crippen LogP contribution in [0.5, 0.6) is 0 Å². The number of nitrogens with zero attached hydrogens (tertiary/aromatic N) is 3. The molecule has 1 aromatic heterocycles. The number of amides is 2. The lowest BCUT2D eigenvalue weighted by atomic mass is 10.2. The topological polar surface area (TPSA) is 68.7 Å². The highest BCUT2D eigenvalue weighted by molar-refractivity contribution is 7.19. The molecule has 6 nitrogen and oxygen atoms in total. The van der Waals surface area contributed by atoms with Crippen molar-refractivity contribution in [3.05, 3.63) is 36.5 Å². The monoisotopic (exact) mass is 360 g/mol. The van der Waals surface area contributed by atoms with Crippen LogP contribution in [0.15, 0.2) is 36.5 Å². The molecule has 1 saturated heterocycles. The highest BCUT2D eigenvalue weighted by atomic mass is 32.1. The molecule has 3 rings (SSSR count). The lowest BCUT2D eigenvalue weighted by Crippen LogP contribution is -2.53. The van der Waals surface area contributed by atoms with Crippen molar-refractivity contribution >= 4 is 22.5 Å². The Morgan fingerprint density at radius 2 is 2.00 bits per heavy atom. The second kappa shape index (κ2) is 8.42. The molecule has 2 aromatic rings. The van der Waals surface area contributed by atoms with E-state index in [0.717, 1.165) is 30.0 Å². The Balaban J connectivity index is 1.54. The predicted molar refractivity (Wildman–Crippen MR) is 101 cm³/mol. The summed E-state index contributed by atoms with van der Waals surface area (Å²) in [4.78, 5) is 21.9. The number of aliphatic hydroxyl groups excluding tert-OH is 1. The van der Waals surface area contributed by atoms with E-state index in [-0.39, 0.29) is 18.7 Å². The quantitative estimate of drug-likeness (QED) is 0.860. The first kappa shape index (κ1) is 17.8. The lowest BCUT2D eigenvalue weighted by Gasteiger charge is -2.38. The van der Waals surface area contributed by atoms with Gasteiger partial charge in [-0.05, 0) is 12.0 Å². The molecule has 25 heavy (non-hydrogen) atoms. The van der Waals surface area contributed by atoms with Crippen molar-refractivity contribution in [2.24, 2.45) is 0 Å². The minimum Gasteiger partial charge on any atom is -0.395 e. The Morgan fingerprint density at radius 1 is 1.28 bits per heavy atom. The van der Waals surface area contributed by atoms with Crippen molar-refractivity contribution in [3.63, 3.8) is 0 Å². The zero-order valence-corrected chi connectivity index (χ0v) is 15.2. The summed E-state index contributed by atoms with van der Waals surface area (Å²) in [5.74, 6) is 0. The maximum absolute atomic E-state index is 12.4. The molecule has 2 N–H and O–H groups in total. The van der Waals surface area contributed by atoms with Crippen molar-refractivity contribution in [2.45, 2.75) is 19.4 Å². The molecular weight excluding hydrogens is 336 g/mol. The normalized spacial score (nSPS) is 16.6. The fourth-order valence-corrected chi connectivity index (χ4v) is 3.84. The molecule has 0 spiro atoms. The number of urea groups is 1. The molecule has 2 amide bonds. The summed E-state index contributed by atoms with van der Waals surface area (Å²) in [6, 6.07) is 10.1. The van der Waals surface area contributed by atoms with Gasteiger partial charge in [0.1, 0.15) is 0 Å². The summed E-state index contributed by atoms with van der Waals surface area (Å²) in [7, 11) is 0. The Hall–Kier alpha value is -1.96. The number of aliphatic hydroxyl groups is 1. The second-order valence-corrected chi connectivity index (χ2v) is 7.12. The highest BCUT2D eigenvalue weighted by Gasteiger charge is 2.25. The Bertz CT molecular complexity index is 679. The SMILES string of the molecule is CC[C@H](CO)N1CCN(C(=O)Nc2ncc(-c3ccccc3)s2)CC1. The van der Waals surface area contributed by atoms with Crippen LogP contribution in [0.25, 0.3) is 10.4 Å². The first-order valence-electron chi connectivity index (χ1n) is 8.63. The number of carbonyl (C=O) groups excluding carboxylic acids is 1. The summed E-state index contributed by atoms with van der Waals surface area (Å²) in [5.41, 5.74) is 1.10. The number of aromatic nitrogens is 1. The van der Waals surface area contributed by atoms with E-state index < -0.39 is 0 Å². The molecule has 1 aromatic carbocycles. The van der Waals surface area contributed by atoms with E-state index in [1.807, 2.05) is 35.2 Å². The number of piperazine rings is 1. The Kier molecular flexibility index (Phi) is 6.01. The van der Waals surface area contributed by atoms with Crippen molar-refractivity contribution in [3.8, 4) is 10.4 Å². The summed E-state index contributed by atoms with van der Waals surface area (Å²) >= 11 is 1.48. The van der Waals surface area contributed by atoms with Gasteiger partial charge >= 0.3 is 6.03 Å². The van der Waals surface area contributed by atoms with Gasteiger partial charge in [0.05, 0.1) is 11.5 Å². The average molecular weight is 360 g/mol. The van der Waals surface area contributed by atoms with E-state index >= 15 is 0 Å². The van der Waals surface area contributed by atoms with Gasteiger partial charge < -0.3 is 10.0 Å². The van der Waals surface area contributed by atoms with Gasteiger partial charge in [-0.2, -0.15) is 0 Å². The Morgan fingerprint density at radius 3 is 2.64 bits per heavy atom. The number of thiazole rings is 1. The summed E-state index contributed by atoms with van der Waals surface area (Å²) < 4.78 is 0. The van der Waals surface area contributed by atoms with Gasteiger partial charge in [-0.3, -0.25) is 10.2 Å². The van der Waals surface area contributed by atoms with Crippen molar-refractivity contribution in [1.29, 1.82) is 0 Å². The number of anilines is 1. The third kappa shape index (κ3) is 4.36. The highest BCUT2D eigenvalue weighted by Crippen LogP contribution is 2.28. The van der Waals surface area contributed by atoms with Gasteiger partial charge in [-0.1, -0.05) is 48.6 Å². The van der Waals surface area contributed by atoms with Crippen LogP contribution in [0, 0.1) is 0 Å². The van der Waals surface area contributed by atoms with E-state index in [0.29, 0.717) is 18.2 Å². The molecule has 0 bridgehead atoms. The number of benzene rings is 1. The summed E-state index contributed by atoms with van der Waals surface area (Å²) in [6.07, 6.45) is 2.71.